The standard InChI is InChI=1S/C68H89N13O12S/c1-11-29-91-49-34-50(36-51(35-49)93-61-39-59-58(78(7)68(86)79(59)8)38-57(61)76-94(87,88)52-18-19-60(89-9)62(37-52)90-10)92-30-15-14-23-77(6)43-65(83)70-21-13-12-16-64(82)71-22-24-80-25-27-81(28-26-80)63-20-17-47(41-72-63)48-32-53(54(40-69)56(33-48)74-44(2)3)66(84)73-42-55-45(4)31-46(5)75-67(55)85/h17-20,31-41,44,69,74,76H,11-16,21-30,42-43H2,1-10H3,(H,70,83)(H,71,82)(H,73,84)(H,75,85). The van der Waals surface area contributed by atoms with Crippen LogP contribution in [-0.2, 0) is 40.3 Å². The fraction of sp³-hybridized carbons (Fsp3) is 0.426. The van der Waals surface area contributed by atoms with Crippen molar-refractivity contribution in [2.24, 2.45) is 14.1 Å². The Hall–Kier alpha value is -9.40. The largest absolute Gasteiger partial charge is 0.493 e. The Morgan fingerprint density at radius 2 is 1.46 bits per heavy atom. The summed E-state index contributed by atoms with van der Waals surface area (Å²) in [5.41, 5.74) is 5.48. The number of nitrogens with one attached hydrogen (secondary N) is 7. The molecule has 8 rings (SSSR count). The number of methoxy groups -OCH3 is 2. The highest BCUT2D eigenvalue weighted by Crippen LogP contribution is 2.39. The van der Waals surface area contributed by atoms with Crippen LogP contribution < -0.4 is 65.8 Å². The zero-order valence-corrected chi connectivity index (χ0v) is 56.3. The summed E-state index contributed by atoms with van der Waals surface area (Å²) in [6.45, 7) is 16.2. The van der Waals surface area contributed by atoms with E-state index in [2.05, 4.69) is 40.8 Å². The summed E-state index contributed by atoms with van der Waals surface area (Å²) < 4.78 is 62.6. The van der Waals surface area contributed by atoms with Gasteiger partial charge in [-0.3, -0.25) is 42.8 Å². The molecule has 1 aliphatic heterocycles. The van der Waals surface area contributed by atoms with Crippen LogP contribution in [0.25, 0.3) is 22.2 Å². The first-order chi connectivity index (χ1) is 45.1. The molecule has 94 heavy (non-hydrogen) atoms. The van der Waals surface area contributed by atoms with Crippen LogP contribution in [0.1, 0.15) is 92.0 Å². The lowest BCUT2D eigenvalue weighted by Gasteiger charge is -2.35. The molecule has 0 unspecified atom stereocenters. The van der Waals surface area contributed by atoms with Crippen LogP contribution in [-0.4, -0.2) is 161 Å². The van der Waals surface area contributed by atoms with Gasteiger partial charge >= 0.3 is 5.69 Å². The van der Waals surface area contributed by atoms with E-state index in [9.17, 15) is 32.4 Å². The van der Waals surface area contributed by atoms with Crippen LogP contribution in [0, 0.1) is 19.3 Å². The number of aromatic nitrogens is 4. The number of fused-ring (bicyclic) bond motifs is 1. The zero-order chi connectivity index (χ0) is 67.6. The van der Waals surface area contributed by atoms with Crippen LogP contribution in [0.2, 0.25) is 0 Å². The van der Waals surface area contributed by atoms with Crippen molar-refractivity contribution in [3.8, 4) is 45.6 Å². The number of likely N-dealkylation sites (N-methyl/N-ethyl adjacent to an activating group) is 1. The molecule has 0 atom stereocenters. The van der Waals surface area contributed by atoms with Crippen molar-refractivity contribution in [1.82, 2.24) is 44.9 Å². The van der Waals surface area contributed by atoms with E-state index in [1.165, 1.54) is 47.8 Å². The maximum atomic E-state index is 13.9. The fourth-order valence-corrected chi connectivity index (χ4v) is 12.1. The first-order valence-electron chi connectivity index (χ1n) is 31.7. The number of sulfonamides is 1. The Labute approximate surface area is 549 Å². The second kappa shape index (κ2) is 32.9. The van der Waals surface area contributed by atoms with E-state index in [-0.39, 0.29) is 64.3 Å². The molecule has 25 nitrogen and oxygen atoms in total. The second-order valence-corrected chi connectivity index (χ2v) is 25.4. The molecule has 1 saturated heterocycles. The van der Waals surface area contributed by atoms with Gasteiger partial charge in [0.05, 0.1) is 61.2 Å². The summed E-state index contributed by atoms with van der Waals surface area (Å²) in [4.78, 5) is 79.0. The first kappa shape index (κ1) is 70.5. The molecule has 0 saturated carbocycles. The number of imidazole rings is 1. The average molecular weight is 1310 g/mol. The first-order valence-corrected chi connectivity index (χ1v) is 33.2. The molecule has 0 spiro atoms. The number of carbonyl (C=O) groups excluding carboxylic acids is 3. The third-order valence-corrected chi connectivity index (χ3v) is 17.4. The summed E-state index contributed by atoms with van der Waals surface area (Å²) in [5, 5.41) is 20.5. The Balaban J connectivity index is 0.724. The molecule has 4 aromatic carbocycles. The molecular weight excluding hydrogens is 1220 g/mol. The van der Waals surface area contributed by atoms with Gasteiger partial charge in [0.15, 0.2) is 17.2 Å². The molecule has 3 aromatic heterocycles. The Morgan fingerprint density at radius 3 is 2.13 bits per heavy atom. The number of nitrogens with zero attached hydrogens (tertiary/aromatic N) is 6. The highest BCUT2D eigenvalue weighted by atomic mass is 32.2. The molecule has 4 heterocycles. The van der Waals surface area contributed by atoms with Crippen molar-refractivity contribution in [2.75, 3.05) is 108 Å². The van der Waals surface area contributed by atoms with Gasteiger partial charge < -0.3 is 60.2 Å². The van der Waals surface area contributed by atoms with Crippen LogP contribution in [0.5, 0.6) is 34.5 Å². The highest BCUT2D eigenvalue weighted by Gasteiger charge is 2.25. The van der Waals surface area contributed by atoms with Crippen LogP contribution in [0.15, 0.2) is 99.5 Å². The summed E-state index contributed by atoms with van der Waals surface area (Å²) in [5.74, 6) is 2.28. The van der Waals surface area contributed by atoms with E-state index in [1.807, 2.05) is 70.8 Å². The maximum Gasteiger partial charge on any atom is 0.328 e. The minimum atomic E-state index is -4.22. The van der Waals surface area contributed by atoms with Gasteiger partial charge in [-0.2, -0.15) is 0 Å². The zero-order valence-electron chi connectivity index (χ0n) is 55.5. The van der Waals surface area contributed by atoms with Crippen molar-refractivity contribution in [3.05, 3.63) is 134 Å². The number of benzene rings is 4. The van der Waals surface area contributed by atoms with Gasteiger partial charge in [-0.1, -0.05) is 6.92 Å². The van der Waals surface area contributed by atoms with Gasteiger partial charge in [0.2, 0.25) is 11.8 Å². The SMILES string of the molecule is CCCOc1cc(OCCCCN(C)CC(=O)NCCCCC(=O)NCCN2CCN(c3ccc(-c4cc(NC(C)C)c(C=N)c(C(=O)NCc5c(C)cc(C)[nH]c5=O)c4)cn3)CC2)cc(Oc2cc3c(cc2NS(=O)(=O)c2ccc(OC)c(OC)c2)n(C)c(=O)n3C)c1. The average Bonchev–Trinajstić information content (AvgIpc) is 1.50. The van der Waals surface area contributed by atoms with Crippen molar-refractivity contribution in [3.63, 3.8) is 0 Å². The molecule has 0 bridgehead atoms. The number of hydrogen-bond donors (Lipinski definition) is 7. The van der Waals surface area contributed by atoms with Gasteiger partial charge in [0.1, 0.15) is 23.1 Å². The number of hydrogen-bond acceptors (Lipinski definition) is 18. The molecule has 1 aliphatic rings. The molecule has 504 valence electrons. The van der Waals surface area contributed by atoms with Gasteiger partial charge in [0.25, 0.3) is 21.5 Å². The van der Waals surface area contributed by atoms with E-state index >= 15 is 0 Å². The molecule has 0 aliphatic carbocycles. The van der Waals surface area contributed by atoms with Gasteiger partial charge in [-0.25, -0.2) is 18.2 Å². The number of anilines is 3. The number of aromatic amines is 1. The molecule has 26 heteroatoms. The molecule has 1 fully saturated rings. The molecule has 3 amide bonds. The van der Waals surface area contributed by atoms with Gasteiger partial charge in [-0.05, 0) is 133 Å². The normalized spacial score (nSPS) is 12.6. The van der Waals surface area contributed by atoms with Crippen LogP contribution in [0.4, 0.5) is 17.2 Å². The monoisotopic (exact) mass is 1310 g/mol. The van der Waals surface area contributed by atoms with E-state index in [1.54, 1.807) is 56.7 Å². The Bertz CT molecular complexity index is 4050. The van der Waals surface area contributed by atoms with E-state index in [4.69, 9.17) is 34.1 Å². The summed E-state index contributed by atoms with van der Waals surface area (Å²) >= 11 is 0. The highest BCUT2D eigenvalue weighted by molar-refractivity contribution is 7.92. The number of aryl methyl sites for hydroxylation is 4. The van der Waals surface area contributed by atoms with Crippen molar-refractivity contribution in [1.29, 1.82) is 5.41 Å². The van der Waals surface area contributed by atoms with Crippen molar-refractivity contribution >= 4 is 62.2 Å². The lowest BCUT2D eigenvalue weighted by molar-refractivity contribution is -0.122. The van der Waals surface area contributed by atoms with E-state index in [0.717, 1.165) is 73.8 Å². The number of rotatable bonds is 34. The minimum Gasteiger partial charge on any atom is -0.493 e. The molecule has 0 radical (unpaired) electrons. The van der Waals surface area contributed by atoms with E-state index in [0.29, 0.717) is 115 Å². The summed E-state index contributed by atoms with van der Waals surface area (Å²) in [6.07, 6.45) is 6.82. The van der Waals surface area contributed by atoms with Crippen LogP contribution in [0.3, 0.4) is 0 Å². The molecule has 7 aromatic rings. The lowest BCUT2D eigenvalue weighted by atomic mass is 9.97. The third kappa shape index (κ3) is 18.7. The number of piperazine rings is 1. The quantitative estimate of drug-likeness (QED) is 0.0150. The maximum absolute atomic E-state index is 13.9. The van der Waals surface area contributed by atoms with Crippen molar-refractivity contribution in [2.45, 2.75) is 90.6 Å². The summed E-state index contributed by atoms with van der Waals surface area (Å²) in [7, 11) is 3.75. The fourth-order valence-electron chi connectivity index (χ4n) is 11.0. The number of unbranched alkanes of at least 4 members (excludes halogenated alkanes) is 2. The third-order valence-electron chi connectivity index (χ3n) is 16.1. The second-order valence-electron chi connectivity index (χ2n) is 23.7. The predicted octanol–water partition coefficient (Wildman–Crippen LogP) is 7.71. The Morgan fingerprint density at radius 1 is 0.755 bits per heavy atom. The smallest absolute Gasteiger partial charge is 0.328 e. The number of H-pyrrole nitrogens is 1. The van der Waals surface area contributed by atoms with Crippen molar-refractivity contribution < 1.29 is 46.5 Å². The molecule has 7 N–H and O–H groups in total. The number of amides is 3. The number of carbonyl (C=O) groups is 3. The minimum absolute atomic E-state index is 0.0214. The molecular formula is C68H89N13O12S. The number of ether oxygens (including phenoxy) is 5. The van der Waals surface area contributed by atoms with Gasteiger partial charge in [0, 0.05) is 150 Å². The summed E-state index contributed by atoms with van der Waals surface area (Å²) in [6, 6.07) is 22.1. The Kier molecular flexibility index (Phi) is 24.7. The van der Waals surface area contributed by atoms with Crippen LogP contribution >= 0.6 is 0 Å². The lowest BCUT2D eigenvalue weighted by Crippen LogP contribution is -2.48. The van der Waals surface area contributed by atoms with E-state index < -0.39 is 15.9 Å². The topological polar surface area (TPSA) is 298 Å². The number of pyridine rings is 2. The predicted molar refractivity (Wildman–Crippen MR) is 366 cm³/mol. The van der Waals surface area contributed by atoms with Gasteiger partial charge in [-0.15, -0.1) is 0 Å².